The van der Waals surface area contributed by atoms with Gasteiger partial charge in [0.05, 0.1) is 16.6 Å². The van der Waals surface area contributed by atoms with Crippen LogP contribution in [-0.2, 0) is 5.75 Å². The summed E-state index contributed by atoms with van der Waals surface area (Å²) in [7, 11) is 0. The molecule has 21 heavy (non-hydrogen) atoms. The molecule has 0 aliphatic rings. The maximum atomic E-state index is 12.6. The van der Waals surface area contributed by atoms with Crippen LogP contribution in [0.4, 0.5) is 0 Å². The summed E-state index contributed by atoms with van der Waals surface area (Å²) in [5.74, 6) is 0.619. The molecule has 0 aliphatic carbocycles. The zero-order chi connectivity index (χ0) is 14.8. The highest BCUT2D eigenvalue weighted by Crippen LogP contribution is 2.23. The van der Waals surface area contributed by atoms with Crippen molar-refractivity contribution in [3.05, 3.63) is 52.6 Å². The van der Waals surface area contributed by atoms with E-state index >= 15 is 0 Å². The van der Waals surface area contributed by atoms with Crippen LogP contribution in [0.2, 0.25) is 0 Å². The summed E-state index contributed by atoms with van der Waals surface area (Å²) in [5.41, 5.74) is 1.55. The topological polar surface area (TPSA) is 60.9 Å². The number of fused-ring (bicyclic) bond motifs is 1. The van der Waals surface area contributed by atoms with Crippen molar-refractivity contribution in [2.75, 3.05) is 0 Å². The molecule has 108 valence electrons. The van der Waals surface area contributed by atoms with Crippen LogP contribution in [0.1, 0.15) is 25.6 Å². The normalized spacial score (nSPS) is 11.4. The molecule has 0 aliphatic heterocycles. The third-order valence-electron chi connectivity index (χ3n) is 3.13. The van der Waals surface area contributed by atoms with Crippen LogP contribution in [0, 0.1) is 0 Å². The van der Waals surface area contributed by atoms with Crippen LogP contribution in [0.15, 0.2) is 51.1 Å². The molecule has 6 heteroatoms. The second-order valence-electron chi connectivity index (χ2n) is 4.96. The highest BCUT2D eigenvalue weighted by atomic mass is 32.2. The van der Waals surface area contributed by atoms with Crippen LogP contribution in [-0.4, -0.2) is 14.7 Å². The third kappa shape index (κ3) is 2.71. The van der Waals surface area contributed by atoms with Gasteiger partial charge in [0.25, 0.3) is 5.56 Å². The molecule has 0 saturated heterocycles. The zero-order valence-electron chi connectivity index (χ0n) is 11.8. The maximum Gasteiger partial charge on any atom is 0.262 e. The number of hydrogen-bond acceptors (Lipinski definition) is 5. The Morgan fingerprint density at radius 1 is 1.29 bits per heavy atom. The minimum absolute atomic E-state index is 0.00162. The zero-order valence-corrected chi connectivity index (χ0v) is 12.6. The lowest BCUT2D eigenvalue weighted by atomic mass is 10.2. The van der Waals surface area contributed by atoms with E-state index in [0.717, 1.165) is 11.2 Å². The molecule has 1 aromatic carbocycles. The van der Waals surface area contributed by atoms with Gasteiger partial charge < -0.3 is 4.52 Å². The summed E-state index contributed by atoms with van der Waals surface area (Å²) in [5, 5.41) is 5.23. The number of rotatable bonds is 4. The second-order valence-corrected chi connectivity index (χ2v) is 5.90. The van der Waals surface area contributed by atoms with E-state index in [0.29, 0.717) is 16.3 Å². The average Bonchev–Trinajstić information content (AvgIpc) is 2.98. The van der Waals surface area contributed by atoms with Gasteiger partial charge in [-0.25, -0.2) is 4.98 Å². The number of aromatic nitrogens is 3. The van der Waals surface area contributed by atoms with E-state index < -0.39 is 0 Å². The molecular weight excluding hydrogens is 286 g/mol. The molecular formula is C15H15N3O2S. The first-order valence-electron chi connectivity index (χ1n) is 6.70. The van der Waals surface area contributed by atoms with Crippen LogP contribution < -0.4 is 5.56 Å². The molecule has 0 spiro atoms. The fraction of sp³-hybridized carbons (Fsp3) is 0.267. The number of benzene rings is 1. The van der Waals surface area contributed by atoms with Crippen molar-refractivity contribution >= 4 is 22.7 Å². The van der Waals surface area contributed by atoms with E-state index in [4.69, 9.17) is 4.52 Å². The maximum absolute atomic E-state index is 12.6. The second kappa shape index (κ2) is 5.73. The van der Waals surface area contributed by atoms with Crippen LogP contribution in [0.5, 0.6) is 0 Å². The molecule has 2 aromatic heterocycles. The van der Waals surface area contributed by atoms with Gasteiger partial charge in [-0.3, -0.25) is 9.36 Å². The van der Waals surface area contributed by atoms with Crippen molar-refractivity contribution in [2.45, 2.75) is 30.8 Å². The van der Waals surface area contributed by atoms with Gasteiger partial charge in [-0.15, -0.1) is 0 Å². The molecule has 0 atom stereocenters. The molecule has 0 amide bonds. The minimum Gasteiger partial charge on any atom is -0.364 e. The Kier molecular flexibility index (Phi) is 3.79. The molecule has 0 radical (unpaired) electrons. The first-order valence-corrected chi connectivity index (χ1v) is 7.68. The van der Waals surface area contributed by atoms with Gasteiger partial charge in [-0.2, -0.15) is 0 Å². The van der Waals surface area contributed by atoms with Crippen LogP contribution >= 0.6 is 11.8 Å². The molecule has 2 heterocycles. The van der Waals surface area contributed by atoms with Crippen molar-refractivity contribution in [2.24, 2.45) is 0 Å². The number of para-hydroxylation sites is 1. The average molecular weight is 301 g/mol. The Bertz CT molecular complexity index is 809. The largest absolute Gasteiger partial charge is 0.364 e. The van der Waals surface area contributed by atoms with E-state index in [-0.39, 0.29) is 11.6 Å². The third-order valence-corrected chi connectivity index (χ3v) is 4.12. The van der Waals surface area contributed by atoms with Crippen molar-refractivity contribution in [3.63, 3.8) is 0 Å². The Morgan fingerprint density at radius 3 is 2.81 bits per heavy atom. The fourth-order valence-electron chi connectivity index (χ4n) is 2.13. The molecule has 5 nitrogen and oxygen atoms in total. The van der Waals surface area contributed by atoms with E-state index in [1.54, 1.807) is 10.8 Å². The SMILES string of the molecule is CC(C)n1c(SCc2ccon2)nc2ccccc2c1=O. The predicted molar refractivity (Wildman–Crippen MR) is 82.5 cm³/mol. The quantitative estimate of drug-likeness (QED) is 0.547. The monoisotopic (exact) mass is 301 g/mol. The van der Waals surface area contributed by atoms with Gasteiger partial charge >= 0.3 is 0 Å². The van der Waals surface area contributed by atoms with Crippen molar-refractivity contribution in [1.29, 1.82) is 0 Å². The molecule has 0 unspecified atom stereocenters. The van der Waals surface area contributed by atoms with Gasteiger partial charge in [0, 0.05) is 17.9 Å². The Labute approximate surface area is 126 Å². The summed E-state index contributed by atoms with van der Waals surface area (Å²) in [6.07, 6.45) is 1.54. The highest BCUT2D eigenvalue weighted by Gasteiger charge is 2.14. The van der Waals surface area contributed by atoms with E-state index in [9.17, 15) is 4.79 Å². The minimum atomic E-state index is -0.00162. The Hall–Kier alpha value is -2.08. The Morgan fingerprint density at radius 2 is 2.10 bits per heavy atom. The van der Waals surface area contributed by atoms with E-state index in [1.165, 1.54) is 11.8 Å². The number of nitrogens with zero attached hydrogens (tertiary/aromatic N) is 3. The van der Waals surface area contributed by atoms with Gasteiger partial charge in [0.1, 0.15) is 6.26 Å². The van der Waals surface area contributed by atoms with Crippen molar-refractivity contribution in [1.82, 2.24) is 14.7 Å². The summed E-state index contributed by atoms with van der Waals surface area (Å²) in [4.78, 5) is 17.3. The predicted octanol–water partition coefficient (Wildman–Crippen LogP) is 3.26. The van der Waals surface area contributed by atoms with E-state index in [2.05, 4.69) is 10.1 Å². The first-order chi connectivity index (χ1) is 10.2. The standard InChI is InChI=1S/C15H15N3O2S/c1-10(2)18-14(19)12-5-3-4-6-13(12)16-15(18)21-9-11-7-8-20-17-11/h3-8,10H,9H2,1-2H3. The lowest BCUT2D eigenvalue weighted by molar-refractivity contribution is 0.414. The van der Waals surface area contributed by atoms with Gasteiger partial charge in [-0.05, 0) is 26.0 Å². The highest BCUT2D eigenvalue weighted by molar-refractivity contribution is 7.98. The lowest BCUT2D eigenvalue weighted by Gasteiger charge is -2.15. The van der Waals surface area contributed by atoms with Gasteiger partial charge in [0.15, 0.2) is 5.16 Å². The van der Waals surface area contributed by atoms with Crippen LogP contribution in [0.25, 0.3) is 10.9 Å². The smallest absolute Gasteiger partial charge is 0.262 e. The van der Waals surface area contributed by atoms with Crippen molar-refractivity contribution < 1.29 is 4.52 Å². The fourth-order valence-corrected chi connectivity index (χ4v) is 3.15. The molecule has 3 aromatic rings. The van der Waals surface area contributed by atoms with Gasteiger partial charge in [-0.1, -0.05) is 29.1 Å². The molecule has 3 rings (SSSR count). The summed E-state index contributed by atoms with van der Waals surface area (Å²) < 4.78 is 6.55. The summed E-state index contributed by atoms with van der Waals surface area (Å²) in [6, 6.07) is 9.29. The molecule has 0 bridgehead atoms. The summed E-state index contributed by atoms with van der Waals surface area (Å²) >= 11 is 1.49. The number of hydrogen-bond donors (Lipinski definition) is 0. The number of thioether (sulfide) groups is 1. The molecule has 0 saturated carbocycles. The van der Waals surface area contributed by atoms with Gasteiger partial charge in [0.2, 0.25) is 0 Å². The molecule has 0 fully saturated rings. The van der Waals surface area contributed by atoms with Crippen LogP contribution in [0.3, 0.4) is 0 Å². The first kappa shape index (κ1) is 13.9. The lowest BCUT2D eigenvalue weighted by Crippen LogP contribution is -2.25. The Balaban J connectivity index is 2.07. The summed E-state index contributed by atoms with van der Waals surface area (Å²) in [6.45, 7) is 3.97. The van der Waals surface area contributed by atoms with Crippen molar-refractivity contribution in [3.8, 4) is 0 Å². The molecule has 0 N–H and O–H groups in total. The van der Waals surface area contributed by atoms with E-state index in [1.807, 2.05) is 44.2 Å².